The van der Waals surface area contributed by atoms with Crippen molar-refractivity contribution >= 4 is 0 Å². The Kier molecular flexibility index (Phi) is 30.1. The molecule has 26 rings (SSSR count). The van der Waals surface area contributed by atoms with Crippen molar-refractivity contribution in [3.63, 3.8) is 0 Å². The summed E-state index contributed by atoms with van der Waals surface area (Å²) in [5.74, 6) is 20.9. The maximum absolute atomic E-state index is 1.60. The lowest BCUT2D eigenvalue weighted by atomic mass is 9.56. The van der Waals surface area contributed by atoms with E-state index < -0.39 is 0 Å². The normalized spacial score (nSPS) is 42.0. The van der Waals surface area contributed by atoms with E-state index in [1.165, 1.54) is 182 Å². The Hall–Kier alpha value is 0. The molecule has 26 saturated carbocycles. The van der Waals surface area contributed by atoms with Crippen LogP contribution in [0.25, 0.3) is 0 Å². The van der Waals surface area contributed by atoms with Crippen molar-refractivity contribution in [1.29, 1.82) is 0 Å². The zero-order valence-electron chi connectivity index (χ0n) is 64.9. The molecule has 18 bridgehead atoms. The largest absolute Gasteiger partial charge is 0.0533 e. The van der Waals surface area contributed by atoms with E-state index in [-0.39, 0.29) is 0 Å². The average Bonchev–Trinajstić information content (AvgIpc) is 1.37. The Bertz CT molecular complexity index is 1800. The van der Waals surface area contributed by atoms with E-state index in [1.807, 2.05) is 0 Å². The molecule has 26 aliphatic carbocycles. The zero-order valence-corrected chi connectivity index (χ0v) is 64.9. The highest BCUT2D eigenvalue weighted by molar-refractivity contribution is 4.94. The van der Waals surface area contributed by atoms with Crippen molar-refractivity contribution in [3.8, 4) is 0 Å². The SMILES string of the molecule is C1C2CC3CC1CC(C2)C3.C1CC2CC1C2.C1CC2CCC(C1)C2.C1CC2CCC(C1)C2.C1CC2CCC1C2.C1CC2CCC1CC2.C1CC2CCCC(C1)C2.C1CC2CCCC(C1)CC2.C1CCC2(C1)CCCC2.C1CCC2(CC1)CCCC2.C1CCC2(CC1)CCCCC2. The molecule has 0 heteroatoms. The van der Waals surface area contributed by atoms with Gasteiger partial charge < -0.3 is 0 Å². The van der Waals surface area contributed by atoms with E-state index in [2.05, 4.69) is 0 Å². The maximum atomic E-state index is 1.60. The Morgan fingerprint density at radius 1 is 0.0938 bits per heavy atom. The monoisotopic (exact) mass is 1320 g/mol. The summed E-state index contributed by atoms with van der Waals surface area (Å²) in [7, 11) is 0. The summed E-state index contributed by atoms with van der Waals surface area (Å²) in [5.41, 5.74) is 2.62. The molecule has 0 N–H and O–H groups in total. The molecule has 0 heterocycles. The standard InChI is InChI=1S/C11H20.C10H16.2C10H18.2C9H16.3C8H14.C7H12.C6H10/c1-3-7-11(8-4-1)9-5-2-6-10-11;1-7-2-9-4-8(1)5-10(3-7)6-9;1-3-9-5-2-6-10(4-1)8-7-9;1-2-6-10(7-3-1)8-4-5-9-10;1-3-8-5-2-6-9(4-1)7-8;1-2-6-9(5-1)7-3-4-8-9;1-2-8-5-3-7(1)4-6-8;2*1-2-7-4-5-8(3-1)6-7;1-2-7-4-3-6(1)5-7;1-2-6-3-5(1)4-6/h1-10H2;7-10H,1-6H2;9-10H,1-8H2;1-9H2;8-9H,1-7H2;1-8H2;3*7-8H,1-6H2;6-7H,1-5H2;5-6H,1-4H2. The van der Waals surface area contributed by atoms with Crippen LogP contribution in [0.15, 0.2) is 0 Å². The molecule has 96 heavy (non-hydrogen) atoms. The molecule has 552 valence electrons. The van der Waals surface area contributed by atoms with E-state index >= 15 is 0 Å². The van der Waals surface area contributed by atoms with Crippen LogP contribution in [0.1, 0.15) is 482 Å². The summed E-state index contributed by atoms with van der Waals surface area (Å²) in [6.07, 6.45) is 117. The van der Waals surface area contributed by atoms with Gasteiger partial charge in [0.15, 0.2) is 0 Å². The lowest BCUT2D eigenvalue weighted by molar-refractivity contribution is 0.0198. The zero-order chi connectivity index (χ0) is 64.9. The molecule has 26 fully saturated rings. The second kappa shape index (κ2) is 38.8. The van der Waals surface area contributed by atoms with Gasteiger partial charge in [-0.15, -0.1) is 0 Å². The maximum Gasteiger partial charge on any atom is -0.0297 e. The molecular formula is C96H168. The molecule has 0 aromatic heterocycles. The van der Waals surface area contributed by atoms with E-state index in [0.29, 0.717) is 0 Å². The fourth-order valence-corrected chi connectivity index (χ4v) is 29.2. The van der Waals surface area contributed by atoms with Gasteiger partial charge in [-0.2, -0.15) is 0 Å². The first kappa shape index (κ1) is 74.3. The summed E-state index contributed by atoms with van der Waals surface area (Å²) >= 11 is 0. The summed E-state index contributed by atoms with van der Waals surface area (Å²) in [6, 6.07) is 0. The van der Waals surface area contributed by atoms with Crippen LogP contribution in [0, 0.1) is 123 Å². The van der Waals surface area contributed by atoms with Crippen molar-refractivity contribution in [2.45, 2.75) is 482 Å². The minimum Gasteiger partial charge on any atom is -0.0533 e. The molecule has 0 aliphatic heterocycles. The fourth-order valence-electron chi connectivity index (χ4n) is 29.2. The van der Waals surface area contributed by atoms with Gasteiger partial charge in [0.2, 0.25) is 0 Å². The first-order valence-corrected chi connectivity index (χ1v) is 47.3. The molecule has 26 aliphatic rings. The molecule has 0 nitrogen and oxygen atoms in total. The van der Waals surface area contributed by atoms with Crippen LogP contribution in [0.5, 0.6) is 0 Å². The van der Waals surface area contributed by atoms with E-state index in [9.17, 15) is 0 Å². The van der Waals surface area contributed by atoms with Crippen LogP contribution in [0.2, 0.25) is 0 Å². The van der Waals surface area contributed by atoms with Crippen molar-refractivity contribution in [2.75, 3.05) is 0 Å². The van der Waals surface area contributed by atoms with Crippen molar-refractivity contribution in [1.82, 2.24) is 0 Å². The number of hydrogen-bond acceptors (Lipinski definition) is 0. The highest BCUT2D eigenvalue weighted by Gasteiger charge is 2.43. The molecule has 0 amide bonds. The molecule has 0 aromatic carbocycles. The van der Waals surface area contributed by atoms with E-state index in [1.54, 1.807) is 347 Å². The third-order valence-electron chi connectivity index (χ3n) is 34.9. The van der Waals surface area contributed by atoms with E-state index in [0.717, 1.165) is 75.4 Å². The smallest absolute Gasteiger partial charge is 0.0297 e. The van der Waals surface area contributed by atoms with Gasteiger partial charge in [-0.25, -0.2) is 0 Å². The second-order valence-corrected chi connectivity index (χ2v) is 42.0. The second-order valence-electron chi connectivity index (χ2n) is 42.0. The van der Waals surface area contributed by atoms with Crippen LogP contribution in [-0.2, 0) is 0 Å². The first-order valence-electron chi connectivity index (χ1n) is 47.3. The Morgan fingerprint density at radius 2 is 0.219 bits per heavy atom. The molecule has 4 atom stereocenters. The van der Waals surface area contributed by atoms with Crippen LogP contribution >= 0.6 is 0 Å². The van der Waals surface area contributed by atoms with Gasteiger partial charge >= 0.3 is 0 Å². The van der Waals surface area contributed by atoms with Crippen molar-refractivity contribution in [2.24, 2.45) is 123 Å². The molecule has 0 radical (unpaired) electrons. The number of rotatable bonds is 0. The van der Waals surface area contributed by atoms with Crippen molar-refractivity contribution < 1.29 is 0 Å². The molecular weight excluding hydrogens is 1150 g/mol. The van der Waals surface area contributed by atoms with Crippen LogP contribution < -0.4 is 0 Å². The van der Waals surface area contributed by atoms with Gasteiger partial charge in [0.05, 0.1) is 0 Å². The van der Waals surface area contributed by atoms with Gasteiger partial charge in [0, 0.05) is 0 Å². The van der Waals surface area contributed by atoms with Crippen LogP contribution in [0.3, 0.4) is 0 Å². The predicted molar refractivity (Wildman–Crippen MR) is 416 cm³/mol. The van der Waals surface area contributed by atoms with Gasteiger partial charge in [-0.3, -0.25) is 0 Å². The summed E-state index contributed by atoms with van der Waals surface area (Å²) in [5, 5.41) is 0. The molecule has 0 saturated heterocycles. The summed E-state index contributed by atoms with van der Waals surface area (Å²) in [4.78, 5) is 0. The van der Waals surface area contributed by atoms with Gasteiger partial charge in [-0.1, -0.05) is 327 Å². The Balaban J connectivity index is 0.0000000957. The lowest BCUT2D eigenvalue weighted by Crippen LogP contribution is -2.38. The quantitative estimate of drug-likeness (QED) is 0.227. The van der Waals surface area contributed by atoms with E-state index in [4.69, 9.17) is 0 Å². The summed E-state index contributed by atoms with van der Waals surface area (Å²) in [6.45, 7) is 0. The lowest BCUT2D eigenvalue weighted by Gasteiger charge is -2.49. The number of hydrogen-bond donors (Lipinski definition) is 0. The highest BCUT2D eigenvalue weighted by Crippen LogP contribution is 2.55. The number of fused-ring (bicyclic) bond motifs is 15. The third kappa shape index (κ3) is 23.5. The third-order valence-corrected chi connectivity index (χ3v) is 34.9. The fraction of sp³-hybridized carbons (Fsp3) is 1.00. The Labute approximate surface area is 600 Å². The first-order chi connectivity index (χ1) is 47.3. The van der Waals surface area contributed by atoms with Gasteiger partial charge in [-0.05, 0) is 277 Å². The van der Waals surface area contributed by atoms with Crippen LogP contribution in [0.4, 0.5) is 0 Å². The topological polar surface area (TPSA) is 0 Å². The predicted octanol–water partition coefficient (Wildman–Crippen LogP) is 31.5. The average molecular weight is 1320 g/mol. The van der Waals surface area contributed by atoms with Crippen LogP contribution in [-0.4, -0.2) is 0 Å². The van der Waals surface area contributed by atoms with Gasteiger partial charge in [0.1, 0.15) is 0 Å². The minimum absolute atomic E-state index is 0.858. The molecule has 3 spiro atoms. The summed E-state index contributed by atoms with van der Waals surface area (Å²) < 4.78 is 0. The molecule has 4 unspecified atom stereocenters. The Morgan fingerprint density at radius 3 is 0.396 bits per heavy atom. The minimum atomic E-state index is 0.858. The van der Waals surface area contributed by atoms with Crippen molar-refractivity contribution in [3.05, 3.63) is 0 Å². The molecule has 0 aromatic rings. The highest BCUT2D eigenvalue weighted by atomic mass is 14.5. The van der Waals surface area contributed by atoms with Gasteiger partial charge in [0.25, 0.3) is 0 Å².